The first-order chi connectivity index (χ1) is 14.3. The van der Waals surface area contributed by atoms with E-state index in [0.717, 1.165) is 6.07 Å². The largest absolute Gasteiger partial charge is 0.507 e. The Morgan fingerprint density at radius 1 is 1.23 bits per heavy atom. The highest BCUT2D eigenvalue weighted by molar-refractivity contribution is 6.34. The monoisotopic (exact) mass is 450 g/mol. The van der Waals surface area contributed by atoms with E-state index in [2.05, 4.69) is 0 Å². The normalized spacial score (nSPS) is 37.2. The molecule has 0 heterocycles. The van der Waals surface area contributed by atoms with E-state index in [1.54, 1.807) is 6.92 Å². The highest BCUT2D eigenvalue weighted by Crippen LogP contribution is 2.55. The molecule has 2 saturated carbocycles. The van der Waals surface area contributed by atoms with Gasteiger partial charge in [-0.15, -0.1) is 0 Å². The van der Waals surface area contributed by atoms with Gasteiger partial charge in [-0.3, -0.25) is 24.0 Å². The van der Waals surface area contributed by atoms with E-state index in [1.807, 2.05) is 0 Å². The Bertz CT molecular complexity index is 1100. The summed E-state index contributed by atoms with van der Waals surface area (Å²) in [6.45, 7) is 1.55. The number of aromatic hydroxyl groups is 1. The highest BCUT2D eigenvalue weighted by atomic mass is 35.5. The number of Topliss-reactive ketones (excluding diaryl/α,β-unsaturated/α-hetero) is 4. The number of benzene rings is 1. The van der Waals surface area contributed by atoms with Gasteiger partial charge in [-0.25, -0.2) is 0 Å². The van der Waals surface area contributed by atoms with Gasteiger partial charge in [-0.1, -0.05) is 18.5 Å². The van der Waals surface area contributed by atoms with Crippen LogP contribution in [0.25, 0.3) is 0 Å². The van der Waals surface area contributed by atoms with Crippen molar-refractivity contribution >= 4 is 46.3 Å². The summed E-state index contributed by atoms with van der Waals surface area (Å²) in [6.07, 6.45) is -2.31. The van der Waals surface area contributed by atoms with Gasteiger partial charge in [0, 0.05) is 24.3 Å². The molecule has 7 atom stereocenters. The van der Waals surface area contributed by atoms with Crippen molar-refractivity contribution in [2.45, 2.75) is 31.0 Å². The molecule has 7 N–H and O–H groups in total. The van der Waals surface area contributed by atoms with Gasteiger partial charge in [0.1, 0.15) is 5.75 Å². The maximum absolute atomic E-state index is 13.4. The Morgan fingerprint density at radius 3 is 2.42 bits per heavy atom. The molecule has 0 spiro atoms. The van der Waals surface area contributed by atoms with Crippen LogP contribution in [0, 0.1) is 23.7 Å². The maximum Gasteiger partial charge on any atom is 0.235 e. The van der Waals surface area contributed by atoms with Crippen molar-refractivity contribution in [1.29, 1.82) is 0 Å². The molecule has 31 heavy (non-hydrogen) atoms. The van der Waals surface area contributed by atoms with Crippen LogP contribution in [0.3, 0.4) is 0 Å². The van der Waals surface area contributed by atoms with Crippen molar-refractivity contribution in [3.63, 3.8) is 0 Å². The summed E-state index contributed by atoms with van der Waals surface area (Å²) in [6, 6.07) is 1.04. The number of aliphatic hydroxyl groups is 2. The van der Waals surface area contributed by atoms with E-state index in [9.17, 15) is 39.3 Å². The Balaban J connectivity index is 1.93. The lowest BCUT2D eigenvalue weighted by Crippen LogP contribution is -2.72. The average Bonchev–Trinajstić information content (AvgIpc) is 2.67. The first-order valence-corrected chi connectivity index (χ1v) is 9.89. The number of phenols is 1. The van der Waals surface area contributed by atoms with Crippen LogP contribution >= 0.6 is 11.6 Å². The number of carbonyl (C=O) groups excluding carboxylic acids is 5. The third-order valence-electron chi connectivity index (χ3n) is 6.95. The molecule has 4 rings (SSSR count). The predicted molar refractivity (Wildman–Crippen MR) is 104 cm³/mol. The second-order valence-corrected chi connectivity index (χ2v) is 8.79. The van der Waals surface area contributed by atoms with Gasteiger partial charge in [0.15, 0.2) is 34.7 Å². The molecule has 0 saturated heterocycles. The van der Waals surface area contributed by atoms with E-state index < -0.39 is 82.5 Å². The van der Waals surface area contributed by atoms with Crippen molar-refractivity contribution < 1.29 is 39.3 Å². The third-order valence-corrected chi connectivity index (χ3v) is 7.26. The van der Waals surface area contributed by atoms with Crippen LogP contribution in [0.15, 0.2) is 6.07 Å². The summed E-state index contributed by atoms with van der Waals surface area (Å²) in [5.41, 5.74) is 8.00. The number of nitrogen functional groups attached to an aromatic ring is 1. The Labute approximate surface area is 180 Å². The summed E-state index contributed by atoms with van der Waals surface area (Å²) in [7, 11) is 0. The number of hydrogen-bond donors (Lipinski definition) is 5. The number of halogens is 1. The van der Waals surface area contributed by atoms with E-state index in [1.165, 1.54) is 0 Å². The van der Waals surface area contributed by atoms with Crippen LogP contribution in [0.5, 0.6) is 5.75 Å². The Hall–Kier alpha value is -2.82. The number of carbonyl (C=O) groups is 5. The number of aliphatic hydroxyl groups excluding tert-OH is 1. The van der Waals surface area contributed by atoms with Crippen molar-refractivity contribution in [3.05, 3.63) is 22.2 Å². The molecular formula is C20H19ClN2O8. The lowest BCUT2D eigenvalue weighted by molar-refractivity contribution is -0.189. The SMILES string of the molecule is C[C@H]1c2c(N)c(Cl)cc(O)c2C(=O)C2C(=O)[C@]3(O)C(=O)C(C(N)=O)C(=O)C[C@@H]3[C@@H](O)[C@@H]21. The molecule has 3 aliphatic carbocycles. The fourth-order valence-electron chi connectivity index (χ4n) is 5.50. The molecule has 0 aliphatic heterocycles. The predicted octanol–water partition coefficient (Wildman–Crippen LogP) is -0.906. The number of phenolic OH excluding ortho intramolecular Hbond substituents is 1. The number of fused-ring (bicyclic) bond motifs is 3. The van der Waals surface area contributed by atoms with Crippen LogP contribution < -0.4 is 11.5 Å². The number of primary amides is 1. The number of hydrogen-bond acceptors (Lipinski definition) is 9. The quantitative estimate of drug-likeness (QED) is 0.204. The Kier molecular flexibility index (Phi) is 4.55. The summed E-state index contributed by atoms with van der Waals surface area (Å²) < 4.78 is 0. The standard InChI is InChI=1S/C20H19ClN2O8/c1-4-9-11(8(25)3-6(21)14(9)22)16(27)13-10(4)15(26)5-2-7(24)12(19(23)30)17(28)20(5,31)18(13)29/h3-5,10,12-13,15,25-26,31H,2,22H2,1H3,(H2,23,30)/t4-,5+,10+,12?,13?,15+,20+/m0/s1. The van der Waals surface area contributed by atoms with E-state index in [-0.39, 0.29) is 21.8 Å². The van der Waals surface area contributed by atoms with E-state index >= 15 is 0 Å². The van der Waals surface area contributed by atoms with Crippen LogP contribution in [-0.2, 0) is 19.2 Å². The highest BCUT2D eigenvalue weighted by Gasteiger charge is 2.70. The topological polar surface area (TPSA) is 198 Å². The third kappa shape index (κ3) is 2.49. The molecule has 2 unspecified atom stereocenters. The first kappa shape index (κ1) is 21.4. The maximum atomic E-state index is 13.4. The minimum atomic E-state index is -2.95. The summed E-state index contributed by atoms with van der Waals surface area (Å²) in [5, 5.41) is 32.5. The zero-order valence-electron chi connectivity index (χ0n) is 16.2. The molecule has 10 nitrogen and oxygen atoms in total. The minimum Gasteiger partial charge on any atom is -0.507 e. The van der Waals surface area contributed by atoms with Gasteiger partial charge < -0.3 is 26.8 Å². The molecule has 1 aromatic carbocycles. The number of amides is 1. The number of ketones is 4. The fourth-order valence-corrected chi connectivity index (χ4v) is 5.70. The fraction of sp³-hybridized carbons (Fsp3) is 0.450. The lowest BCUT2D eigenvalue weighted by Gasteiger charge is -2.53. The number of nitrogens with two attached hydrogens (primary N) is 2. The molecule has 0 radical (unpaired) electrons. The summed E-state index contributed by atoms with van der Waals surface area (Å²) in [5.74, 6) is -13.7. The lowest BCUT2D eigenvalue weighted by atomic mass is 9.50. The van der Waals surface area contributed by atoms with E-state index in [4.69, 9.17) is 23.1 Å². The zero-order chi connectivity index (χ0) is 23.2. The van der Waals surface area contributed by atoms with Gasteiger partial charge in [-0.05, 0) is 11.5 Å². The summed E-state index contributed by atoms with van der Waals surface area (Å²) in [4.78, 5) is 63.5. The van der Waals surface area contributed by atoms with Crippen LogP contribution in [0.1, 0.15) is 35.2 Å². The van der Waals surface area contributed by atoms with E-state index in [0.29, 0.717) is 0 Å². The molecule has 0 bridgehead atoms. The van der Waals surface area contributed by atoms with Crippen LogP contribution in [0.4, 0.5) is 5.69 Å². The second kappa shape index (κ2) is 6.59. The van der Waals surface area contributed by atoms with Gasteiger partial charge in [0.2, 0.25) is 5.91 Å². The molecule has 0 aromatic heterocycles. The molecule has 2 fully saturated rings. The zero-order valence-corrected chi connectivity index (χ0v) is 16.9. The van der Waals surface area contributed by atoms with Gasteiger partial charge >= 0.3 is 0 Å². The molecule has 3 aliphatic rings. The average molecular weight is 451 g/mol. The molecule has 1 aromatic rings. The molecule has 164 valence electrons. The van der Waals surface area contributed by atoms with Gasteiger partial charge in [0.25, 0.3) is 0 Å². The molecular weight excluding hydrogens is 432 g/mol. The van der Waals surface area contributed by atoms with Gasteiger partial charge in [-0.2, -0.15) is 0 Å². The van der Waals surface area contributed by atoms with Crippen LogP contribution in [-0.4, -0.2) is 56.1 Å². The molecule has 11 heteroatoms. The van der Waals surface area contributed by atoms with Crippen molar-refractivity contribution in [2.24, 2.45) is 29.4 Å². The second-order valence-electron chi connectivity index (χ2n) is 8.39. The van der Waals surface area contributed by atoms with Crippen molar-refractivity contribution in [1.82, 2.24) is 0 Å². The van der Waals surface area contributed by atoms with Crippen molar-refractivity contribution in [2.75, 3.05) is 5.73 Å². The molecule has 1 amide bonds. The number of rotatable bonds is 1. The van der Waals surface area contributed by atoms with Gasteiger partial charge in [0.05, 0.1) is 28.3 Å². The van der Waals surface area contributed by atoms with Crippen LogP contribution in [0.2, 0.25) is 5.02 Å². The Morgan fingerprint density at radius 2 is 1.84 bits per heavy atom. The smallest absolute Gasteiger partial charge is 0.235 e. The van der Waals surface area contributed by atoms with Crippen molar-refractivity contribution in [3.8, 4) is 5.75 Å². The number of anilines is 1. The minimum absolute atomic E-state index is 0.0150. The first-order valence-electron chi connectivity index (χ1n) is 9.51. The summed E-state index contributed by atoms with van der Waals surface area (Å²) >= 11 is 6.02.